The first kappa shape index (κ1) is 13.6. The van der Waals surface area contributed by atoms with Gasteiger partial charge in [0.15, 0.2) is 5.69 Å². The molecule has 19 heavy (non-hydrogen) atoms. The lowest BCUT2D eigenvalue weighted by atomic mass is 10.5. The highest BCUT2D eigenvalue weighted by Crippen LogP contribution is 2.11. The lowest BCUT2D eigenvalue weighted by molar-refractivity contribution is 0.0691. The lowest BCUT2D eigenvalue weighted by Crippen LogP contribution is -2.23. The molecule has 9 heteroatoms. The minimum atomic E-state index is -3.66. The molecule has 2 N–H and O–H groups in total. The number of rotatable bonds is 5. The van der Waals surface area contributed by atoms with Gasteiger partial charge in [0.2, 0.25) is 10.0 Å². The normalized spacial score (nSPS) is 11.4. The maximum Gasteiger partial charge on any atom is 0.355 e. The fraction of sp³-hybridized carbons (Fsp3) is 0.100. The van der Waals surface area contributed by atoms with E-state index in [1.165, 1.54) is 29.9 Å². The highest BCUT2D eigenvalue weighted by atomic mass is 32.2. The summed E-state index contributed by atoms with van der Waals surface area (Å²) in [6.45, 7) is -0.0603. The van der Waals surface area contributed by atoms with E-state index in [0.717, 1.165) is 11.3 Å². The number of hydrogen-bond donors (Lipinski definition) is 2. The minimum Gasteiger partial charge on any atom is -0.476 e. The van der Waals surface area contributed by atoms with Crippen molar-refractivity contribution in [1.29, 1.82) is 0 Å². The number of carbonyl (C=O) groups is 1. The second kappa shape index (κ2) is 5.43. The molecule has 0 amide bonds. The molecule has 0 saturated heterocycles. The third kappa shape index (κ3) is 3.34. The molecule has 0 spiro atoms. The van der Waals surface area contributed by atoms with Crippen LogP contribution in [0, 0.1) is 0 Å². The molecule has 0 fully saturated rings. The number of hydrogen-bond acceptors (Lipinski definition) is 6. The molecule has 7 nitrogen and oxygen atoms in total. The third-order valence-electron chi connectivity index (χ3n) is 2.13. The molecule has 0 atom stereocenters. The van der Waals surface area contributed by atoms with Gasteiger partial charge in [-0.3, -0.25) is 4.98 Å². The van der Waals surface area contributed by atoms with Gasteiger partial charge in [-0.1, -0.05) is 0 Å². The quantitative estimate of drug-likeness (QED) is 0.841. The number of aromatic carboxylic acids is 1. The molecule has 0 bridgehead atoms. The summed E-state index contributed by atoms with van der Waals surface area (Å²) in [6.07, 6.45) is 2.70. The van der Waals surface area contributed by atoms with Gasteiger partial charge in [-0.25, -0.2) is 22.9 Å². The van der Waals surface area contributed by atoms with Gasteiger partial charge in [0, 0.05) is 17.8 Å². The minimum absolute atomic E-state index is 0.0463. The van der Waals surface area contributed by atoms with Gasteiger partial charge in [-0.15, -0.1) is 11.3 Å². The first-order valence-corrected chi connectivity index (χ1v) is 7.43. The van der Waals surface area contributed by atoms with E-state index in [9.17, 15) is 13.2 Å². The van der Waals surface area contributed by atoms with Crippen LogP contribution >= 0.6 is 11.3 Å². The molecule has 2 rings (SSSR count). The van der Waals surface area contributed by atoms with E-state index in [4.69, 9.17) is 5.11 Å². The summed E-state index contributed by atoms with van der Waals surface area (Å²) in [4.78, 5) is 18.2. The van der Waals surface area contributed by atoms with Gasteiger partial charge in [0.1, 0.15) is 9.90 Å². The van der Waals surface area contributed by atoms with E-state index in [0.29, 0.717) is 5.01 Å². The Labute approximate surface area is 113 Å². The first-order chi connectivity index (χ1) is 8.99. The van der Waals surface area contributed by atoms with Crippen molar-refractivity contribution in [2.24, 2.45) is 0 Å². The zero-order chi connectivity index (χ0) is 13.9. The maximum atomic E-state index is 11.9. The Hall–Kier alpha value is -1.84. The SMILES string of the molecule is O=C(O)c1csc(CNS(=O)(=O)c2cccnc2)n1. The van der Waals surface area contributed by atoms with Gasteiger partial charge in [0.05, 0.1) is 6.54 Å². The van der Waals surface area contributed by atoms with Crippen molar-refractivity contribution in [3.8, 4) is 0 Å². The molecule has 0 aliphatic heterocycles. The second-order valence-corrected chi connectivity index (χ2v) is 6.15. The van der Waals surface area contributed by atoms with Gasteiger partial charge in [0.25, 0.3) is 0 Å². The molecule has 0 aliphatic rings. The highest BCUT2D eigenvalue weighted by molar-refractivity contribution is 7.89. The molecular weight excluding hydrogens is 290 g/mol. The van der Waals surface area contributed by atoms with E-state index >= 15 is 0 Å². The van der Waals surface area contributed by atoms with Gasteiger partial charge < -0.3 is 5.11 Å². The van der Waals surface area contributed by atoms with Crippen LogP contribution in [0.4, 0.5) is 0 Å². The Morgan fingerprint density at radius 3 is 2.84 bits per heavy atom. The van der Waals surface area contributed by atoms with E-state index in [-0.39, 0.29) is 17.1 Å². The van der Waals surface area contributed by atoms with Crippen LogP contribution in [0.3, 0.4) is 0 Å². The fourth-order valence-electron chi connectivity index (χ4n) is 1.24. The second-order valence-electron chi connectivity index (χ2n) is 3.44. The molecule has 0 aliphatic carbocycles. The largest absolute Gasteiger partial charge is 0.476 e. The number of pyridine rings is 1. The van der Waals surface area contributed by atoms with Crippen LogP contribution in [0.5, 0.6) is 0 Å². The number of aromatic nitrogens is 2. The summed E-state index contributed by atoms with van der Waals surface area (Å²) in [5.74, 6) is -1.14. The van der Waals surface area contributed by atoms with Crippen LogP contribution in [0.25, 0.3) is 0 Å². The average molecular weight is 299 g/mol. The number of nitrogens with zero attached hydrogens (tertiary/aromatic N) is 2. The van der Waals surface area contributed by atoms with Crippen LogP contribution < -0.4 is 4.72 Å². The fourth-order valence-corrected chi connectivity index (χ4v) is 2.99. The Balaban J connectivity index is 2.08. The van der Waals surface area contributed by atoms with E-state index in [1.54, 1.807) is 0 Å². The number of carboxylic acid groups (broad SMARTS) is 1. The van der Waals surface area contributed by atoms with E-state index in [2.05, 4.69) is 14.7 Å². The molecule has 0 saturated carbocycles. The smallest absolute Gasteiger partial charge is 0.355 e. The Morgan fingerprint density at radius 2 is 2.26 bits per heavy atom. The van der Waals surface area contributed by atoms with Crippen LogP contribution in [0.15, 0.2) is 34.8 Å². The molecule has 0 unspecified atom stereocenters. The number of carboxylic acids is 1. The third-order valence-corrected chi connectivity index (χ3v) is 4.36. The van der Waals surface area contributed by atoms with Gasteiger partial charge in [-0.05, 0) is 12.1 Å². The predicted octanol–water partition coefficient (Wildman–Crippen LogP) is 0.715. The lowest BCUT2D eigenvalue weighted by Gasteiger charge is -2.03. The monoisotopic (exact) mass is 299 g/mol. The van der Waals surface area contributed by atoms with Crippen molar-refractivity contribution < 1.29 is 18.3 Å². The summed E-state index contributed by atoms with van der Waals surface area (Å²) < 4.78 is 26.0. The van der Waals surface area contributed by atoms with Crippen LogP contribution in [-0.2, 0) is 16.6 Å². The van der Waals surface area contributed by atoms with E-state index < -0.39 is 16.0 Å². The highest BCUT2D eigenvalue weighted by Gasteiger charge is 2.15. The molecule has 0 aromatic carbocycles. The Kier molecular flexibility index (Phi) is 3.88. The predicted molar refractivity (Wildman–Crippen MR) is 67.3 cm³/mol. The summed E-state index contributed by atoms with van der Waals surface area (Å²) in [5, 5.41) is 10.4. The summed E-state index contributed by atoms with van der Waals surface area (Å²) in [5.41, 5.74) is -0.0967. The van der Waals surface area contributed by atoms with Gasteiger partial charge >= 0.3 is 5.97 Å². The molecule has 0 radical (unpaired) electrons. The summed E-state index contributed by atoms with van der Waals surface area (Å²) in [6, 6.07) is 2.93. The van der Waals surface area contributed by atoms with Crippen molar-refractivity contribution in [3.63, 3.8) is 0 Å². The molecule has 100 valence electrons. The molecule has 2 heterocycles. The summed E-state index contributed by atoms with van der Waals surface area (Å²) in [7, 11) is -3.66. The van der Waals surface area contributed by atoms with Crippen LogP contribution in [0.2, 0.25) is 0 Å². The van der Waals surface area contributed by atoms with Crippen molar-refractivity contribution in [2.75, 3.05) is 0 Å². The zero-order valence-electron chi connectivity index (χ0n) is 9.48. The topological polar surface area (TPSA) is 109 Å². The number of sulfonamides is 1. The van der Waals surface area contributed by atoms with Crippen molar-refractivity contribution in [2.45, 2.75) is 11.4 Å². The Morgan fingerprint density at radius 1 is 1.47 bits per heavy atom. The van der Waals surface area contributed by atoms with E-state index in [1.807, 2.05) is 0 Å². The maximum absolute atomic E-state index is 11.9. The Bertz CT molecular complexity index is 682. The van der Waals surface area contributed by atoms with Crippen molar-refractivity contribution >= 4 is 27.3 Å². The van der Waals surface area contributed by atoms with Crippen molar-refractivity contribution in [1.82, 2.24) is 14.7 Å². The standard InChI is InChI=1S/C10H9N3O4S2/c14-10(15)8-6-18-9(13-8)5-12-19(16,17)7-2-1-3-11-4-7/h1-4,6,12H,5H2,(H,14,15). The number of nitrogens with one attached hydrogen (secondary N) is 1. The molecule has 2 aromatic rings. The molecular formula is C10H9N3O4S2. The van der Waals surface area contributed by atoms with Crippen molar-refractivity contribution in [3.05, 3.63) is 40.6 Å². The first-order valence-electron chi connectivity index (χ1n) is 5.06. The summed E-state index contributed by atoms with van der Waals surface area (Å²) >= 11 is 1.08. The average Bonchev–Trinajstić information content (AvgIpc) is 2.87. The number of thiazole rings is 1. The van der Waals surface area contributed by atoms with Gasteiger partial charge in [-0.2, -0.15) is 0 Å². The molecule has 2 aromatic heterocycles. The van der Waals surface area contributed by atoms with Crippen LogP contribution in [-0.4, -0.2) is 29.5 Å². The van der Waals surface area contributed by atoms with Crippen LogP contribution in [0.1, 0.15) is 15.5 Å². The zero-order valence-corrected chi connectivity index (χ0v) is 11.1.